The van der Waals surface area contributed by atoms with Crippen molar-refractivity contribution < 1.29 is 14.3 Å². The second-order valence-corrected chi connectivity index (χ2v) is 5.53. The molecule has 0 aromatic heterocycles. The molecule has 22 heavy (non-hydrogen) atoms. The number of hydrogen-bond acceptors (Lipinski definition) is 3. The maximum atomic E-state index is 12.3. The van der Waals surface area contributed by atoms with E-state index >= 15 is 0 Å². The third-order valence-electron chi connectivity index (χ3n) is 3.38. The fourth-order valence-corrected chi connectivity index (χ4v) is 2.18. The molecule has 0 aliphatic rings. The van der Waals surface area contributed by atoms with E-state index in [1.165, 1.54) is 18.9 Å². The van der Waals surface area contributed by atoms with Crippen LogP contribution in [0.15, 0.2) is 18.2 Å². The number of halogens is 1. The molecule has 0 unspecified atom stereocenters. The molecule has 0 aliphatic carbocycles. The number of likely N-dealkylation sites (N-methyl/N-ethyl adjacent to an activating group) is 1. The zero-order chi connectivity index (χ0) is 16.7. The van der Waals surface area contributed by atoms with Gasteiger partial charge in [0.15, 0.2) is 0 Å². The van der Waals surface area contributed by atoms with Crippen LogP contribution in [0.5, 0.6) is 5.75 Å². The van der Waals surface area contributed by atoms with E-state index in [0.29, 0.717) is 23.0 Å². The molecule has 5 nitrogen and oxygen atoms in total. The highest BCUT2D eigenvalue weighted by atomic mass is 35.5. The van der Waals surface area contributed by atoms with Crippen LogP contribution < -0.4 is 9.64 Å². The molecule has 0 spiro atoms. The normalized spacial score (nSPS) is 10.2. The Labute approximate surface area is 136 Å². The minimum Gasteiger partial charge on any atom is -0.495 e. The Hall–Kier alpha value is -1.75. The Balaban J connectivity index is 2.98. The van der Waals surface area contributed by atoms with Crippen molar-refractivity contribution in [3.8, 4) is 5.75 Å². The van der Waals surface area contributed by atoms with Gasteiger partial charge in [0.25, 0.3) is 0 Å². The van der Waals surface area contributed by atoms with Crippen LogP contribution in [0.3, 0.4) is 0 Å². The van der Waals surface area contributed by atoms with Crippen molar-refractivity contribution in [1.29, 1.82) is 0 Å². The highest BCUT2D eigenvalue weighted by Gasteiger charge is 2.21. The van der Waals surface area contributed by atoms with Crippen LogP contribution in [0, 0.1) is 0 Å². The molecule has 0 heterocycles. The smallest absolute Gasteiger partial charge is 0.242 e. The summed E-state index contributed by atoms with van der Waals surface area (Å²) in [5.74, 6) is 0.145. The minimum absolute atomic E-state index is 0.0355. The highest BCUT2D eigenvalue weighted by molar-refractivity contribution is 6.31. The van der Waals surface area contributed by atoms with E-state index in [9.17, 15) is 9.59 Å². The van der Waals surface area contributed by atoms with Crippen LogP contribution in [0.2, 0.25) is 5.02 Å². The Bertz CT molecular complexity index is 534. The molecule has 1 aromatic carbocycles. The van der Waals surface area contributed by atoms with E-state index in [-0.39, 0.29) is 18.4 Å². The van der Waals surface area contributed by atoms with Crippen molar-refractivity contribution in [3.63, 3.8) is 0 Å². The lowest BCUT2D eigenvalue weighted by Gasteiger charge is -2.25. The molecule has 0 N–H and O–H groups in total. The van der Waals surface area contributed by atoms with E-state index in [2.05, 4.69) is 6.92 Å². The SMILES string of the molecule is CCCCN(C)C(=O)CN(C(C)=O)c1cc(Cl)ccc1OC. The van der Waals surface area contributed by atoms with Gasteiger partial charge in [0.1, 0.15) is 12.3 Å². The van der Waals surface area contributed by atoms with Gasteiger partial charge in [0.2, 0.25) is 11.8 Å². The van der Waals surface area contributed by atoms with Gasteiger partial charge in [-0.3, -0.25) is 14.5 Å². The average Bonchev–Trinajstić information content (AvgIpc) is 2.49. The molecule has 0 bridgehead atoms. The molecule has 0 aliphatic heterocycles. The number of unbranched alkanes of at least 4 members (excludes halogenated alkanes) is 1. The first kappa shape index (κ1) is 18.3. The molecular formula is C16H23ClN2O3. The van der Waals surface area contributed by atoms with Crippen LogP contribution in [-0.2, 0) is 9.59 Å². The second kappa shape index (κ2) is 8.63. The molecule has 1 rings (SSSR count). The molecular weight excluding hydrogens is 304 g/mol. The first-order valence-electron chi connectivity index (χ1n) is 7.26. The van der Waals surface area contributed by atoms with Crippen LogP contribution in [0.25, 0.3) is 0 Å². The van der Waals surface area contributed by atoms with Crippen LogP contribution in [0.4, 0.5) is 5.69 Å². The summed E-state index contributed by atoms with van der Waals surface area (Å²) in [6, 6.07) is 4.98. The van der Waals surface area contributed by atoms with E-state index in [4.69, 9.17) is 16.3 Å². The summed E-state index contributed by atoms with van der Waals surface area (Å²) in [4.78, 5) is 27.3. The first-order valence-corrected chi connectivity index (χ1v) is 7.64. The topological polar surface area (TPSA) is 49.9 Å². The lowest BCUT2D eigenvalue weighted by atomic mass is 10.2. The van der Waals surface area contributed by atoms with E-state index in [1.54, 1.807) is 30.1 Å². The van der Waals surface area contributed by atoms with Crippen molar-refractivity contribution in [2.75, 3.05) is 32.1 Å². The molecule has 0 saturated carbocycles. The summed E-state index contributed by atoms with van der Waals surface area (Å²) < 4.78 is 5.26. The number of nitrogens with zero attached hydrogens (tertiary/aromatic N) is 2. The number of hydrogen-bond donors (Lipinski definition) is 0. The number of amides is 2. The quantitative estimate of drug-likeness (QED) is 0.774. The number of rotatable bonds is 7. The lowest BCUT2D eigenvalue weighted by Crippen LogP contribution is -2.41. The summed E-state index contributed by atoms with van der Waals surface area (Å²) in [7, 11) is 3.26. The van der Waals surface area contributed by atoms with Gasteiger partial charge in [0.05, 0.1) is 12.8 Å². The van der Waals surface area contributed by atoms with Gasteiger partial charge in [-0.05, 0) is 24.6 Å². The summed E-state index contributed by atoms with van der Waals surface area (Å²) in [6.45, 7) is 4.12. The van der Waals surface area contributed by atoms with Crippen molar-refractivity contribution in [2.24, 2.45) is 0 Å². The Morgan fingerprint density at radius 1 is 1.32 bits per heavy atom. The largest absolute Gasteiger partial charge is 0.495 e. The number of methoxy groups -OCH3 is 1. The molecule has 2 amide bonds. The van der Waals surface area contributed by atoms with Crippen LogP contribution >= 0.6 is 11.6 Å². The van der Waals surface area contributed by atoms with Crippen molar-refractivity contribution in [1.82, 2.24) is 4.90 Å². The Morgan fingerprint density at radius 3 is 2.55 bits per heavy atom. The van der Waals surface area contributed by atoms with Gasteiger partial charge in [-0.25, -0.2) is 0 Å². The highest BCUT2D eigenvalue weighted by Crippen LogP contribution is 2.31. The van der Waals surface area contributed by atoms with Crippen LogP contribution in [-0.4, -0.2) is 44.0 Å². The predicted molar refractivity (Wildman–Crippen MR) is 88.6 cm³/mol. The van der Waals surface area contributed by atoms with E-state index in [1.807, 2.05) is 0 Å². The summed E-state index contributed by atoms with van der Waals surface area (Å²) in [5, 5.41) is 0.480. The Morgan fingerprint density at radius 2 is 2.00 bits per heavy atom. The average molecular weight is 327 g/mol. The minimum atomic E-state index is -0.238. The van der Waals surface area contributed by atoms with Gasteiger partial charge in [0, 0.05) is 25.5 Å². The molecule has 1 aromatic rings. The fraction of sp³-hybridized carbons (Fsp3) is 0.500. The van der Waals surface area contributed by atoms with Crippen LogP contribution in [0.1, 0.15) is 26.7 Å². The van der Waals surface area contributed by atoms with Gasteiger partial charge in [-0.1, -0.05) is 24.9 Å². The molecule has 0 atom stereocenters. The molecule has 6 heteroatoms. The van der Waals surface area contributed by atoms with E-state index in [0.717, 1.165) is 12.8 Å². The Kier molecular flexibility index (Phi) is 7.18. The molecule has 122 valence electrons. The number of ether oxygens (including phenoxy) is 1. The molecule has 0 radical (unpaired) electrons. The number of benzene rings is 1. The van der Waals surface area contributed by atoms with Gasteiger partial charge in [-0.15, -0.1) is 0 Å². The number of carbonyl (C=O) groups excluding carboxylic acids is 2. The number of anilines is 1. The fourth-order valence-electron chi connectivity index (χ4n) is 2.02. The maximum Gasteiger partial charge on any atom is 0.242 e. The summed E-state index contributed by atoms with van der Waals surface area (Å²) >= 11 is 6.00. The summed E-state index contributed by atoms with van der Waals surface area (Å²) in [5.41, 5.74) is 0.500. The van der Waals surface area contributed by atoms with Gasteiger partial charge >= 0.3 is 0 Å². The number of carbonyl (C=O) groups is 2. The third-order valence-corrected chi connectivity index (χ3v) is 3.61. The van der Waals surface area contributed by atoms with Crippen molar-refractivity contribution in [3.05, 3.63) is 23.2 Å². The lowest BCUT2D eigenvalue weighted by molar-refractivity contribution is -0.130. The van der Waals surface area contributed by atoms with Crippen molar-refractivity contribution >= 4 is 29.1 Å². The zero-order valence-corrected chi connectivity index (χ0v) is 14.3. The monoisotopic (exact) mass is 326 g/mol. The predicted octanol–water partition coefficient (Wildman–Crippen LogP) is 2.96. The maximum absolute atomic E-state index is 12.3. The van der Waals surface area contributed by atoms with Gasteiger partial charge in [-0.2, -0.15) is 0 Å². The van der Waals surface area contributed by atoms with E-state index < -0.39 is 0 Å². The van der Waals surface area contributed by atoms with Gasteiger partial charge < -0.3 is 9.64 Å². The molecule has 0 fully saturated rings. The van der Waals surface area contributed by atoms with Crippen molar-refractivity contribution in [2.45, 2.75) is 26.7 Å². The molecule has 0 saturated heterocycles. The first-order chi connectivity index (χ1) is 10.4. The summed E-state index contributed by atoms with van der Waals surface area (Å²) in [6.07, 6.45) is 1.94. The second-order valence-electron chi connectivity index (χ2n) is 5.09. The standard InChI is InChI=1S/C16H23ClN2O3/c1-5-6-9-18(3)16(21)11-19(12(2)20)14-10-13(17)7-8-15(14)22-4/h7-8,10H,5-6,9,11H2,1-4H3. The third kappa shape index (κ3) is 4.91. The zero-order valence-electron chi connectivity index (χ0n) is 13.6.